The van der Waals surface area contributed by atoms with E-state index < -0.39 is 28.5 Å². The molecule has 0 heterocycles. The Labute approximate surface area is 252 Å². The van der Waals surface area contributed by atoms with Crippen molar-refractivity contribution in [2.45, 2.75) is 57.7 Å². The number of hydrogen-bond acceptors (Lipinski definition) is 4. The summed E-state index contributed by atoms with van der Waals surface area (Å²) in [7, 11) is -3.83. The summed E-state index contributed by atoms with van der Waals surface area (Å²) in [5.74, 6) is -0.801. The zero-order valence-electron chi connectivity index (χ0n) is 23.2. The van der Waals surface area contributed by atoms with Gasteiger partial charge in [-0.05, 0) is 55.2 Å². The van der Waals surface area contributed by atoms with Crippen molar-refractivity contribution < 1.29 is 18.0 Å². The Hall–Kier alpha value is -3.07. The summed E-state index contributed by atoms with van der Waals surface area (Å²) in [6.45, 7) is 1.42. The highest BCUT2D eigenvalue weighted by molar-refractivity contribution is 7.92. The third kappa shape index (κ3) is 8.47. The van der Waals surface area contributed by atoms with Gasteiger partial charge in [-0.1, -0.05) is 90.1 Å². The van der Waals surface area contributed by atoms with Gasteiger partial charge in [0.2, 0.25) is 21.8 Å². The second kappa shape index (κ2) is 13.7. The van der Waals surface area contributed by atoms with Crippen LogP contribution in [0.4, 0.5) is 5.69 Å². The molecule has 1 fully saturated rings. The average Bonchev–Trinajstić information content (AvgIpc) is 3.44. The molecule has 3 aromatic rings. The Kier molecular flexibility index (Phi) is 10.3. The number of halogens is 2. The van der Waals surface area contributed by atoms with E-state index in [0.717, 1.165) is 47.4 Å². The molecule has 10 heteroatoms. The molecular weight excluding hydrogens is 581 g/mol. The fourth-order valence-corrected chi connectivity index (χ4v) is 6.40. The minimum absolute atomic E-state index is 0.00405. The second-order valence-corrected chi connectivity index (χ2v) is 13.3. The van der Waals surface area contributed by atoms with E-state index in [2.05, 4.69) is 5.32 Å². The first-order chi connectivity index (χ1) is 19.5. The molecule has 1 N–H and O–H groups in total. The van der Waals surface area contributed by atoms with Gasteiger partial charge in [0.1, 0.15) is 12.6 Å². The highest BCUT2D eigenvalue weighted by Crippen LogP contribution is 2.26. The monoisotopic (exact) mass is 615 g/mol. The van der Waals surface area contributed by atoms with Crippen molar-refractivity contribution in [1.29, 1.82) is 0 Å². The smallest absolute Gasteiger partial charge is 0.244 e. The van der Waals surface area contributed by atoms with Gasteiger partial charge in [0.05, 0.1) is 11.9 Å². The van der Waals surface area contributed by atoms with Crippen molar-refractivity contribution in [2.24, 2.45) is 0 Å². The number of anilines is 1. The van der Waals surface area contributed by atoms with E-state index in [9.17, 15) is 18.0 Å². The van der Waals surface area contributed by atoms with Crippen molar-refractivity contribution in [3.8, 4) is 0 Å². The summed E-state index contributed by atoms with van der Waals surface area (Å²) >= 11 is 12.6. The van der Waals surface area contributed by atoms with Gasteiger partial charge in [-0.3, -0.25) is 13.9 Å². The zero-order chi connectivity index (χ0) is 29.6. The second-order valence-electron chi connectivity index (χ2n) is 10.6. The van der Waals surface area contributed by atoms with Crippen molar-refractivity contribution in [2.75, 3.05) is 17.1 Å². The SMILES string of the molecule is Cc1ccc(N(CC(=O)N(Cc2ccc(Cl)cc2Cl)[C@@H](Cc2ccccc2)C(=O)NC2CCCC2)S(C)(=O)=O)cc1. The molecule has 0 saturated heterocycles. The van der Waals surface area contributed by atoms with Crippen LogP contribution < -0.4 is 9.62 Å². The van der Waals surface area contributed by atoms with Crippen LogP contribution in [0.25, 0.3) is 0 Å². The molecule has 41 heavy (non-hydrogen) atoms. The molecule has 2 amide bonds. The molecule has 0 aromatic heterocycles. The number of aryl methyl sites for hydroxylation is 1. The molecule has 0 spiro atoms. The predicted octanol–water partition coefficient (Wildman–Crippen LogP) is 5.77. The predicted molar refractivity (Wildman–Crippen MR) is 165 cm³/mol. The number of rotatable bonds is 11. The number of amides is 2. The molecule has 0 unspecified atom stereocenters. The number of carbonyl (C=O) groups is 2. The molecule has 0 aliphatic heterocycles. The standard InChI is InChI=1S/C31H35Cl2N3O4S/c1-22-12-16-27(17-13-22)36(41(2,39)40)21-30(37)35(20-24-14-15-25(32)19-28(24)33)29(18-23-8-4-3-5-9-23)31(38)34-26-10-6-7-11-26/h3-5,8-9,12-17,19,26,29H,6-7,10-11,18,20-21H2,1-2H3,(H,34,38)/t29-/m0/s1. The van der Waals surface area contributed by atoms with E-state index in [1.54, 1.807) is 42.5 Å². The first-order valence-electron chi connectivity index (χ1n) is 13.6. The van der Waals surface area contributed by atoms with E-state index in [0.29, 0.717) is 21.3 Å². The first-order valence-corrected chi connectivity index (χ1v) is 16.2. The van der Waals surface area contributed by atoms with Crippen LogP contribution in [0.15, 0.2) is 72.8 Å². The highest BCUT2D eigenvalue weighted by Gasteiger charge is 2.34. The lowest BCUT2D eigenvalue weighted by Gasteiger charge is -2.34. The van der Waals surface area contributed by atoms with Crippen LogP contribution in [0, 0.1) is 6.92 Å². The van der Waals surface area contributed by atoms with E-state index in [4.69, 9.17) is 23.2 Å². The lowest BCUT2D eigenvalue weighted by molar-refractivity contribution is -0.140. The number of benzene rings is 3. The van der Waals surface area contributed by atoms with Gasteiger partial charge in [-0.2, -0.15) is 0 Å². The van der Waals surface area contributed by atoms with Gasteiger partial charge in [-0.15, -0.1) is 0 Å². The Morgan fingerprint density at radius 1 is 0.976 bits per heavy atom. The molecule has 7 nitrogen and oxygen atoms in total. The summed E-state index contributed by atoms with van der Waals surface area (Å²) < 4.78 is 26.8. The molecule has 1 atom stereocenters. The Morgan fingerprint density at radius 3 is 2.24 bits per heavy atom. The molecule has 0 radical (unpaired) electrons. The van der Waals surface area contributed by atoms with Gasteiger partial charge in [0, 0.05) is 29.1 Å². The zero-order valence-corrected chi connectivity index (χ0v) is 25.6. The van der Waals surface area contributed by atoms with Crippen LogP contribution in [0.3, 0.4) is 0 Å². The summed E-state index contributed by atoms with van der Waals surface area (Å²) in [4.78, 5) is 29.5. The average molecular weight is 617 g/mol. The maximum absolute atomic E-state index is 14.2. The van der Waals surface area contributed by atoms with Crippen molar-refractivity contribution in [1.82, 2.24) is 10.2 Å². The molecule has 3 aromatic carbocycles. The van der Waals surface area contributed by atoms with Crippen molar-refractivity contribution >= 4 is 50.7 Å². The topological polar surface area (TPSA) is 86.8 Å². The van der Waals surface area contributed by atoms with Gasteiger partial charge in [0.15, 0.2) is 0 Å². The lowest BCUT2D eigenvalue weighted by Crippen LogP contribution is -2.54. The number of carbonyl (C=O) groups excluding carboxylic acids is 2. The van der Waals surface area contributed by atoms with Gasteiger partial charge >= 0.3 is 0 Å². The quantitative estimate of drug-likeness (QED) is 0.297. The Balaban J connectivity index is 1.74. The molecule has 0 bridgehead atoms. The molecule has 218 valence electrons. The van der Waals surface area contributed by atoms with Gasteiger partial charge in [0.25, 0.3) is 0 Å². The highest BCUT2D eigenvalue weighted by atomic mass is 35.5. The normalized spacial score (nSPS) is 14.4. The van der Waals surface area contributed by atoms with Crippen LogP contribution >= 0.6 is 23.2 Å². The van der Waals surface area contributed by atoms with Crippen molar-refractivity contribution in [3.05, 3.63) is 99.5 Å². The minimum Gasteiger partial charge on any atom is -0.352 e. The number of nitrogens with zero attached hydrogens (tertiary/aromatic N) is 2. The molecule has 1 aliphatic rings. The third-order valence-electron chi connectivity index (χ3n) is 7.33. The first kappa shape index (κ1) is 30.9. The van der Waals surface area contributed by atoms with Crippen molar-refractivity contribution in [3.63, 3.8) is 0 Å². The van der Waals surface area contributed by atoms with E-state index in [-0.39, 0.29) is 24.9 Å². The molecule has 1 saturated carbocycles. The van der Waals surface area contributed by atoms with Gasteiger partial charge < -0.3 is 10.2 Å². The summed E-state index contributed by atoms with van der Waals surface area (Å²) in [5, 5.41) is 3.94. The fourth-order valence-electron chi connectivity index (χ4n) is 5.08. The van der Waals surface area contributed by atoms with Gasteiger partial charge in [-0.25, -0.2) is 8.42 Å². The van der Waals surface area contributed by atoms with E-state index >= 15 is 0 Å². The maximum atomic E-state index is 14.2. The Bertz CT molecular complexity index is 1460. The molecule has 4 rings (SSSR count). The van der Waals surface area contributed by atoms with Crippen LogP contribution in [-0.4, -0.2) is 50.0 Å². The van der Waals surface area contributed by atoms with Crippen LogP contribution in [0.2, 0.25) is 10.0 Å². The van der Waals surface area contributed by atoms with E-state index in [1.165, 1.54) is 4.90 Å². The van der Waals surface area contributed by atoms with Crippen LogP contribution in [-0.2, 0) is 32.6 Å². The lowest BCUT2D eigenvalue weighted by atomic mass is 10.0. The fraction of sp³-hybridized carbons (Fsp3) is 0.355. The summed E-state index contributed by atoms with van der Waals surface area (Å²) in [6, 6.07) is 20.5. The molecule has 1 aliphatic carbocycles. The molecular formula is C31H35Cl2N3O4S. The van der Waals surface area contributed by atoms with Crippen LogP contribution in [0.1, 0.15) is 42.4 Å². The largest absolute Gasteiger partial charge is 0.352 e. The summed E-state index contributed by atoms with van der Waals surface area (Å²) in [6.07, 6.45) is 5.16. The van der Waals surface area contributed by atoms with Crippen LogP contribution in [0.5, 0.6) is 0 Å². The Morgan fingerprint density at radius 2 is 1.63 bits per heavy atom. The third-order valence-corrected chi connectivity index (χ3v) is 9.06. The maximum Gasteiger partial charge on any atom is 0.244 e. The number of sulfonamides is 1. The number of hydrogen-bond donors (Lipinski definition) is 1. The summed E-state index contributed by atoms with van der Waals surface area (Å²) in [5.41, 5.74) is 2.79. The minimum atomic E-state index is -3.83. The number of nitrogens with one attached hydrogen (secondary N) is 1. The van der Waals surface area contributed by atoms with E-state index in [1.807, 2.05) is 37.3 Å².